The van der Waals surface area contributed by atoms with Gasteiger partial charge in [0, 0.05) is 57.2 Å². The summed E-state index contributed by atoms with van der Waals surface area (Å²) < 4.78 is 5.36. The van der Waals surface area contributed by atoms with Crippen molar-refractivity contribution in [3.63, 3.8) is 0 Å². The fourth-order valence-corrected chi connectivity index (χ4v) is 4.16. The van der Waals surface area contributed by atoms with E-state index in [0.29, 0.717) is 30.9 Å². The van der Waals surface area contributed by atoms with Gasteiger partial charge in [0.05, 0.1) is 18.4 Å². The highest BCUT2D eigenvalue weighted by molar-refractivity contribution is 5.97. The average Bonchev–Trinajstić information content (AvgIpc) is 2.77. The van der Waals surface area contributed by atoms with Crippen LogP contribution in [0, 0.1) is 0 Å². The molecular weight excluding hydrogens is 368 g/mol. The van der Waals surface area contributed by atoms with Crippen LogP contribution in [0.4, 0.5) is 0 Å². The Balaban J connectivity index is 1.50. The van der Waals surface area contributed by atoms with Gasteiger partial charge in [-0.1, -0.05) is 12.1 Å². The first kappa shape index (κ1) is 19.4. The van der Waals surface area contributed by atoms with Crippen LogP contribution in [0.15, 0.2) is 30.5 Å². The minimum atomic E-state index is -0.0118. The summed E-state index contributed by atoms with van der Waals surface area (Å²) in [4.78, 5) is 37.8. The SMILES string of the molecule is COc1ccccc1C(=O)N1CCC[C@@H](c2ncc3c(n2)CCN(C(C)=O)C3)C1. The molecule has 0 unspecified atom stereocenters. The third-order valence-corrected chi connectivity index (χ3v) is 5.81. The lowest BCUT2D eigenvalue weighted by Gasteiger charge is -2.33. The van der Waals surface area contributed by atoms with E-state index >= 15 is 0 Å². The zero-order chi connectivity index (χ0) is 20.4. The van der Waals surface area contributed by atoms with Gasteiger partial charge in [0.1, 0.15) is 11.6 Å². The summed E-state index contributed by atoms with van der Waals surface area (Å²) in [5.41, 5.74) is 2.64. The maximum absolute atomic E-state index is 13.1. The number of amides is 2. The molecule has 0 saturated carbocycles. The third-order valence-electron chi connectivity index (χ3n) is 5.81. The molecule has 0 bridgehead atoms. The van der Waals surface area contributed by atoms with Crippen LogP contribution in [0.5, 0.6) is 5.75 Å². The van der Waals surface area contributed by atoms with Gasteiger partial charge in [0.2, 0.25) is 5.91 Å². The van der Waals surface area contributed by atoms with Crippen molar-refractivity contribution in [2.45, 2.75) is 38.6 Å². The fourth-order valence-electron chi connectivity index (χ4n) is 4.16. The Morgan fingerprint density at radius 1 is 1.17 bits per heavy atom. The zero-order valence-electron chi connectivity index (χ0n) is 16.9. The van der Waals surface area contributed by atoms with Crippen molar-refractivity contribution in [1.29, 1.82) is 0 Å². The van der Waals surface area contributed by atoms with E-state index in [2.05, 4.69) is 4.98 Å². The van der Waals surface area contributed by atoms with Gasteiger partial charge in [-0.15, -0.1) is 0 Å². The molecule has 7 nitrogen and oxygen atoms in total. The lowest BCUT2D eigenvalue weighted by atomic mass is 9.95. The number of carbonyl (C=O) groups excluding carboxylic acids is 2. The van der Waals surface area contributed by atoms with Crippen molar-refractivity contribution in [2.75, 3.05) is 26.7 Å². The van der Waals surface area contributed by atoms with E-state index in [1.54, 1.807) is 20.1 Å². The predicted molar refractivity (Wildman–Crippen MR) is 108 cm³/mol. The Morgan fingerprint density at radius 3 is 2.79 bits per heavy atom. The molecular formula is C22H26N4O3. The summed E-state index contributed by atoms with van der Waals surface area (Å²) in [6.45, 7) is 4.20. The largest absolute Gasteiger partial charge is 0.496 e. The van der Waals surface area contributed by atoms with E-state index < -0.39 is 0 Å². The van der Waals surface area contributed by atoms with Crippen LogP contribution in [0.25, 0.3) is 0 Å². The van der Waals surface area contributed by atoms with E-state index in [9.17, 15) is 9.59 Å². The molecule has 2 amide bonds. The molecule has 2 aliphatic rings. The van der Waals surface area contributed by atoms with E-state index in [4.69, 9.17) is 9.72 Å². The van der Waals surface area contributed by atoms with Crippen LogP contribution in [-0.4, -0.2) is 58.3 Å². The highest BCUT2D eigenvalue weighted by Crippen LogP contribution is 2.28. The Bertz CT molecular complexity index is 930. The molecule has 152 valence electrons. The molecule has 29 heavy (non-hydrogen) atoms. The number of aromatic nitrogens is 2. The van der Waals surface area contributed by atoms with E-state index in [-0.39, 0.29) is 17.7 Å². The van der Waals surface area contributed by atoms with Crippen LogP contribution >= 0.6 is 0 Å². The number of rotatable bonds is 3. The minimum Gasteiger partial charge on any atom is -0.496 e. The second kappa shape index (κ2) is 8.19. The Morgan fingerprint density at radius 2 is 2.00 bits per heavy atom. The van der Waals surface area contributed by atoms with Crippen LogP contribution in [0.1, 0.15) is 53.1 Å². The molecule has 1 fully saturated rings. The number of methoxy groups -OCH3 is 1. The van der Waals surface area contributed by atoms with Gasteiger partial charge in [-0.05, 0) is 25.0 Å². The molecule has 2 aliphatic heterocycles. The number of hydrogen-bond acceptors (Lipinski definition) is 5. The Kier molecular flexibility index (Phi) is 5.47. The van der Waals surface area contributed by atoms with Crippen molar-refractivity contribution in [2.24, 2.45) is 0 Å². The summed E-state index contributed by atoms with van der Waals surface area (Å²) in [5.74, 6) is 1.59. The van der Waals surface area contributed by atoms with Gasteiger partial charge in [-0.3, -0.25) is 9.59 Å². The Labute approximate surface area is 170 Å². The summed E-state index contributed by atoms with van der Waals surface area (Å²) >= 11 is 0. The number of hydrogen-bond donors (Lipinski definition) is 0. The molecule has 7 heteroatoms. The zero-order valence-corrected chi connectivity index (χ0v) is 16.9. The number of ether oxygens (including phenoxy) is 1. The quantitative estimate of drug-likeness (QED) is 0.799. The van der Waals surface area contributed by atoms with Gasteiger partial charge >= 0.3 is 0 Å². The predicted octanol–water partition coefficient (Wildman–Crippen LogP) is 2.41. The number of fused-ring (bicyclic) bond motifs is 1. The lowest BCUT2D eigenvalue weighted by Crippen LogP contribution is -2.40. The van der Waals surface area contributed by atoms with Crippen molar-refractivity contribution >= 4 is 11.8 Å². The molecule has 4 rings (SSSR count). The average molecular weight is 394 g/mol. The van der Waals surface area contributed by atoms with E-state index in [1.807, 2.05) is 34.2 Å². The molecule has 2 aromatic rings. The van der Waals surface area contributed by atoms with E-state index in [1.165, 1.54) is 0 Å². The Hall–Kier alpha value is -2.96. The molecule has 0 spiro atoms. The molecule has 1 atom stereocenters. The minimum absolute atomic E-state index is 0.0118. The fraction of sp³-hybridized carbons (Fsp3) is 0.455. The van der Waals surface area contributed by atoms with Crippen molar-refractivity contribution in [3.8, 4) is 5.75 Å². The van der Waals surface area contributed by atoms with Gasteiger partial charge in [0.15, 0.2) is 0 Å². The number of carbonyl (C=O) groups is 2. The van der Waals surface area contributed by atoms with Crippen molar-refractivity contribution in [1.82, 2.24) is 19.8 Å². The normalized spacial score (nSPS) is 18.9. The van der Waals surface area contributed by atoms with Crippen LogP contribution in [0.2, 0.25) is 0 Å². The number of piperidine rings is 1. The maximum Gasteiger partial charge on any atom is 0.257 e. The van der Waals surface area contributed by atoms with Crippen LogP contribution in [0.3, 0.4) is 0 Å². The molecule has 0 radical (unpaired) electrons. The number of benzene rings is 1. The smallest absolute Gasteiger partial charge is 0.257 e. The lowest BCUT2D eigenvalue weighted by molar-refractivity contribution is -0.129. The van der Waals surface area contributed by atoms with Gasteiger partial charge in [0.25, 0.3) is 5.91 Å². The first-order valence-electron chi connectivity index (χ1n) is 10.1. The summed E-state index contributed by atoms with van der Waals surface area (Å²) in [5, 5.41) is 0. The van der Waals surface area contributed by atoms with Crippen LogP contribution < -0.4 is 4.74 Å². The van der Waals surface area contributed by atoms with Crippen molar-refractivity contribution in [3.05, 3.63) is 53.1 Å². The number of likely N-dealkylation sites (tertiary alicyclic amines) is 1. The molecule has 1 aromatic heterocycles. The van der Waals surface area contributed by atoms with Gasteiger partial charge < -0.3 is 14.5 Å². The maximum atomic E-state index is 13.1. The highest BCUT2D eigenvalue weighted by atomic mass is 16.5. The number of nitrogens with zero attached hydrogens (tertiary/aromatic N) is 4. The molecule has 0 N–H and O–H groups in total. The van der Waals surface area contributed by atoms with E-state index in [0.717, 1.165) is 42.9 Å². The van der Waals surface area contributed by atoms with Gasteiger partial charge in [-0.2, -0.15) is 0 Å². The number of para-hydroxylation sites is 1. The topological polar surface area (TPSA) is 75.6 Å². The second-order valence-electron chi connectivity index (χ2n) is 7.68. The van der Waals surface area contributed by atoms with Crippen molar-refractivity contribution < 1.29 is 14.3 Å². The molecule has 0 aliphatic carbocycles. The first-order valence-corrected chi connectivity index (χ1v) is 10.1. The standard InChI is InChI=1S/C22H26N4O3/c1-15(27)25-11-9-19-17(14-25)12-23-21(24-19)16-6-5-10-26(13-16)22(28)18-7-3-4-8-20(18)29-2/h3-4,7-8,12,16H,5-6,9-11,13-14H2,1-2H3/t16-/m1/s1. The highest BCUT2D eigenvalue weighted by Gasteiger charge is 2.29. The first-order chi connectivity index (χ1) is 14.1. The molecule has 1 saturated heterocycles. The summed E-state index contributed by atoms with van der Waals surface area (Å²) in [7, 11) is 1.58. The molecule has 1 aromatic carbocycles. The van der Waals surface area contributed by atoms with Crippen LogP contribution in [-0.2, 0) is 17.8 Å². The summed E-state index contributed by atoms with van der Waals surface area (Å²) in [6, 6.07) is 7.34. The molecule has 3 heterocycles. The monoisotopic (exact) mass is 394 g/mol. The van der Waals surface area contributed by atoms with Gasteiger partial charge in [-0.25, -0.2) is 9.97 Å². The summed E-state index contributed by atoms with van der Waals surface area (Å²) in [6.07, 6.45) is 4.49. The second-order valence-corrected chi connectivity index (χ2v) is 7.68. The third kappa shape index (κ3) is 3.95.